The zero-order valence-electron chi connectivity index (χ0n) is 14.7. The summed E-state index contributed by atoms with van der Waals surface area (Å²) in [5, 5.41) is 16.4. The van der Waals surface area contributed by atoms with Crippen LogP contribution >= 0.6 is 22.9 Å². The first-order valence-corrected chi connectivity index (χ1v) is 9.17. The minimum Gasteiger partial charge on any atom is -0.342 e. The largest absolute Gasteiger partial charge is 0.342 e. The summed E-state index contributed by atoms with van der Waals surface area (Å²) in [6.45, 7) is 3.36. The van der Waals surface area contributed by atoms with Crippen molar-refractivity contribution in [2.75, 3.05) is 0 Å². The quantitative estimate of drug-likeness (QED) is 0.670. The highest BCUT2D eigenvalue weighted by atomic mass is 35.5. The van der Waals surface area contributed by atoms with E-state index in [2.05, 4.69) is 20.4 Å². The highest BCUT2D eigenvalue weighted by Crippen LogP contribution is 2.25. The van der Waals surface area contributed by atoms with Crippen molar-refractivity contribution in [3.05, 3.63) is 57.1 Å². The molecule has 28 heavy (non-hydrogen) atoms. The molecule has 11 heteroatoms. The standard InChI is InChI=1S/C17H13ClF2N6OS/c1-8(23-16(27)11-3-10(14(19)20)4-12(18)5-11)15-24-9(2)25-26(15)17-22-7-13(6-21)28-17/h3-5,7-8,14H,1-2H3,(H,23,27)/t8-/m0/s1. The van der Waals surface area contributed by atoms with Gasteiger partial charge in [-0.1, -0.05) is 22.9 Å². The zero-order chi connectivity index (χ0) is 20.4. The van der Waals surface area contributed by atoms with Crippen LogP contribution < -0.4 is 5.32 Å². The van der Waals surface area contributed by atoms with E-state index in [-0.39, 0.29) is 16.1 Å². The number of nitrogens with one attached hydrogen (secondary N) is 1. The van der Waals surface area contributed by atoms with Gasteiger partial charge in [-0.2, -0.15) is 9.94 Å². The predicted molar refractivity (Wildman–Crippen MR) is 98.8 cm³/mol. The number of hydrogen-bond donors (Lipinski definition) is 1. The first-order valence-electron chi connectivity index (χ1n) is 7.98. The van der Waals surface area contributed by atoms with Gasteiger partial charge in [0.1, 0.15) is 16.8 Å². The van der Waals surface area contributed by atoms with Gasteiger partial charge in [-0.05, 0) is 32.0 Å². The van der Waals surface area contributed by atoms with Crippen LogP contribution in [0.3, 0.4) is 0 Å². The molecule has 0 radical (unpaired) electrons. The molecular formula is C17H13ClF2N6OS. The van der Waals surface area contributed by atoms with E-state index in [0.717, 1.165) is 23.5 Å². The van der Waals surface area contributed by atoms with Crippen molar-refractivity contribution in [1.29, 1.82) is 5.26 Å². The van der Waals surface area contributed by atoms with Crippen LogP contribution in [-0.4, -0.2) is 25.7 Å². The maximum Gasteiger partial charge on any atom is 0.263 e. The van der Waals surface area contributed by atoms with E-state index in [4.69, 9.17) is 16.9 Å². The van der Waals surface area contributed by atoms with Crippen LogP contribution in [0.5, 0.6) is 0 Å². The molecule has 0 bridgehead atoms. The van der Waals surface area contributed by atoms with E-state index in [0.29, 0.717) is 21.7 Å². The molecule has 0 aliphatic rings. The maximum atomic E-state index is 13.0. The molecule has 0 spiro atoms. The van der Waals surface area contributed by atoms with Gasteiger partial charge >= 0.3 is 0 Å². The number of thiazole rings is 1. The second-order valence-electron chi connectivity index (χ2n) is 5.82. The Hall–Kier alpha value is -2.90. The molecule has 0 aliphatic carbocycles. The Kier molecular flexibility index (Phi) is 5.67. The second-order valence-corrected chi connectivity index (χ2v) is 7.26. The van der Waals surface area contributed by atoms with Gasteiger partial charge in [-0.3, -0.25) is 4.79 Å². The molecule has 0 aliphatic heterocycles. The van der Waals surface area contributed by atoms with Crippen molar-refractivity contribution in [3.8, 4) is 11.2 Å². The predicted octanol–water partition coefficient (Wildman–Crippen LogP) is 3.99. The fourth-order valence-electron chi connectivity index (χ4n) is 2.48. The fraction of sp³-hybridized carbons (Fsp3) is 0.235. The highest BCUT2D eigenvalue weighted by Gasteiger charge is 2.21. The highest BCUT2D eigenvalue weighted by molar-refractivity contribution is 7.14. The van der Waals surface area contributed by atoms with Gasteiger partial charge in [-0.15, -0.1) is 5.10 Å². The first-order chi connectivity index (χ1) is 13.3. The molecule has 0 unspecified atom stereocenters. The van der Waals surface area contributed by atoms with Gasteiger partial charge < -0.3 is 5.32 Å². The number of carbonyl (C=O) groups excluding carboxylic acids is 1. The molecule has 2 heterocycles. The van der Waals surface area contributed by atoms with E-state index in [1.807, 2.05) is 6.07 Å². The second kappa shape index (κ2) is 8.00. The number of benzene rings is 1. The lowest BCUT2D eigenvalue weighted by atomic mass is 10.1. The number of halogens is 3. The summed E-state index contributed by atoms with van der Waals surface area (Å²) in [5.41, 5.74) is -0.324. The molecule has 0 saturated carbocycles. The van der Waals surface area contributed by atoms with E-state index in [1.54, 1.807) is 13.8 Å². The van der Waals surface area contributed by atoms with Crippen LogP contribution in [0.15, 0.2) is 24.4 Å². The summed E-state index contributed by atoms with van der Waals surface area (Å²) in [4.78, 5) is 21.4. The number of nitrogens with zero attached hydrogens (tertiary/aromatic N) is 5. The van der Waals surface area contributed by atoms with Crippen molar-refractivity contribution < 1.29 is 13.6 Å². The summed E-state index contributed by atoms with van der Waals surface area (Å²) in [6.07, 6.45) is -1.32. The Morgan fingerprint density at radius 3 is 2.79 bits per heavy atom. The molecule has 7 nitrogen and oxygen atoms in total. The number of aryl methyl sites for hydroxylation is 1. The van der Waals surface area contributed by atoms with E-state index >= 15 is 0 Å². The molecule has 1 atom stereocenters. The van der Waals surface area contributed by atoms with E-state index < -0.39 is 18.4 Å². The lowest BCUT2D eigenvalue weighted by Gasteiger charge is -2.14. The SMILES string of the molecule is Cc1nc([C@H](C)NC(=O)c2cc(Cl)cc(C(F)F)c2)n(-c2ncc(C#N)s2)n1. The smallest absolute Gasteiger partial charge is 0.263 e. The Balaban J connectivity index is 1.87. The van der Waals surface area contributed by atoms with Crippen LogP contribution in [0.2, 0.25) is 5.02 Å². The number of carbonyl (C=O) groups is 1. The van der Waals surface area contributed by atoms with Gasteiger partial charge in [0.15, 0.2) is 5.82 Å². The minimum atomic E-state index is -2.74. The Morgan fingerprint density at radius 2 is 2.14 bits per heavy atom. The lowest BCUT2D eigenvalue weighted by molar-refractivity contribution is 0.0937. The molecule has 1 amide bonds. The van der Waals surface area contributed by atoms with Crippen molar-refractivity contribution in [3.63, 3.8) is 0 Å². The third kappa shape index (κ3) is 4.16. The van der Waals surface area contributed by atoms with Gasteiger partial charge in [-0.25, -0.2) is 18.7 Å². The number of hydrogen-bond acceptors (Lipinski definition) is 6. The summed E-state index contributed by atoms with van der Waals surface area (Å²) in [7, 11) is 0. The summed E-state index contributed by atoms with van der Waals surface area (Å²) in [6, 6.07) is 4.90. The van der Waals surface area contributed by atoms with Crippen LogP contribution in [0.1, 0.15) is 51.8 Å². The summed E-state index contributed by atoms with van der Waals surface area (Å²) in [5.74, 6) is 0.259. The lowest BCUT2D eigenvalue weighted by Crippen LogP contribution is -2.28. The van der Waals surface area contributed by atoms with Gasteiger partial charge in [0.25, 0.3) is 12.3 Å². The van der Waals surface area contributed by atoms with Gasteiger partial charge in [0.05, 0.1) is 12.2 Å². The van der Waals surface area contributed by atoms with Crippen molar-refractivity contribution in [2.45, 2.75) is 26.3 Å². The number of nitriles is 1. The molecule has 1 N–H and O–H groups in total. The van der Waals surface area contributed by atoms with Crippen LogP contribution in [0.4, 0.5) is 8.78 Å². The van der Waals surface area contributed by atoms with Crippen LogP contribution in [0, 0.1) is 18.3 Å². The van der Waals surface area contributed by atoms with Crippen LogP contribution in [0.25, 0.3) is 5.13 Å². The van der Waals surface area contributed by atoms with E-state index in [1.165, 1.54) is 16.9 Å². The number of rotatable bonds is 5. The maximum absolute atomic E-state index is 13.0. The van der Waals surface area contributed by atoms with Crippen molar-refractivity contribution in [2.24, 2.45) is 0 Å². The minimum absolute atomic E-state index is 0.0125. The molecule has 0 fully saturated rings. The normalized spacial score (nSPS) is 12.0. The first kappa shape index (κ1) is 19.9. The molecule has 3 rings (SSSR count). The van der Waals surface area contributed by atoms with Gasteiger partial charge in [0.2, 0.25) is 5.13 Å². The van der Waals surface area contributed by atoms with Crippen LogP contribution in [-0.2, 0) is 0 Å². The monoisotopic (exact) mass is 422 g/mol. The van der Waals surface area contributed by atoms with Gasteiger partial charge in [0, 0.05) is 16.1 Å². The number of alkyl halides is 2. The summed E-state index contributed by atoms with van der Waals surface area (Å²) >= 11 is 6.97. The molecule has 1 aromatic carbocycles. The van der Waals surface area contributed by atoms with Crippen molar-refractivity contribution in [1.82, 2.24) is 25.1 Å². The average molecular weight is 423 g/mol. The third-order valence-corrected chi connectivity index (χ3v) is 4.79. The molecule has 3 aromatic rings. The van der Waals surface area contributed by atoms with E-state index in [9.17, 15) is 13.6 Å². The Bertz CT molecular complexity index is 1070. The third-order valence-electron chi connectivity index (χ3n) is 3.69. The molecule has 0 saturated heterocycles. The number of aromatic nitrogens is 4. The average Bonchev–Trinajstić information content (AvgIpc) is 3.27. The molecule has 2 aromatic heterocycles. The Morgan fingerprint density at radius 1 is 1.39 bits per heavy atom. The molecule has 144 valence electrons. The Labute approximate surface area is 167 Å². The topological polar surface area (TPSA) is 96.5 Å². The zero-order valence-corrected chi connectivity index (χ0v) is 16.2. The fourth-order valence-corrected chi connectivity index (χ4v) is 3.40. The summed E-state index contributed by atoms with van der Waals surface area (Å²) < 4.78 is 27.3. The molecular weight excluding hydrogens is 410 g/mol. The number of amides is 1. The van der Waals surface area contributed by atoms with Crippen molar-refractivity contribution >= 4 is 28.8 Å².